The number of hydrogen-bond donors (Lipinski definition) is 1. The number of aliphatic carboxylic acids is 1. The van der Waals surface area contributed by atoms with Gasteiger partial charge in [0.2, 0.25) is 0 Å². The van der Waals surface area contributed by atoms with Crippen LogP contribution in [0.15, 0.2) is 18.2 Å². The number of benzene rings is 1. The van der Waals surface area contributed by atoms with Gasteiger partial charge in [-0.3, -0.25) is 14.9 Å². The van der Waals surface area contributed by atoms with Crippen LogP contribution in [0.25, 0.3) is 0 Å². The van der Waals surface area contributed by atoms with Crippen molar-refractivity contribution in [1.82, 2.24) is 0 Å². The molecule has 0 fully saturated rings. The van der Waals surface area contributed by atoms with E-state index >= 15 is 0 Å². The minimum Gasteiger partial charge on any atom is -0.494 e. The summed E-state index contributed by atoms with van der Waals surface area (Å²) in [7, 11) is 0. The third-order valence-electron chi connectivity index (χ3n) is 2.42. The molecule has 1 rings (SSSR count). The highest BCUT2D eigenvalue weighted by atomic mass is 35.5. The van der Waals surface area contributed by atoms with Gasteiger partial charge in [-0.25, -0.2) is 0 Å². The fourth-order valence-electron chi connectivity index (χ4n) is 1.47. The summed E-state index contributed by atoms with van der Waals surface area (Å²) in [5.41, 5.74) is -0.157. The molecule has 6 nitrogen and oxygen atoms in total. The molecule has 0 amide bonds. The third kappa shape index (κ3) is 5.56. The summed E-state index contributed by atoms with van der Waals surface area (Å²) in [6, 6.07) is 4.18. The van der Waals surface area contributed by atoms with Crippen molar-refractivity contribution in [3.8, 4) is 5.75 Å². The smallest absolute Gasteiger partial charge is 0.303 e. The zero-order valence-electron chi connectivity index (χ0n) is 10.2. The molecular weight excluding hydrogens is 274 g/mol. The van der Waals surface area contributed by atoms with Crippen molar-refractivity contribution in [2.45, 2.75) is 25.7 Å². The minimum atomic E-state index is -0.803. The fraction of sp³-hybridized carbons (Fsp3) is 0.417. The van der Waals surface area contributed by atoms with E-state index in [0.717, 1.165) is 12.8 Å². The van der Waals surface area contributed by atoms with Crippen LogP contribution in [-0.4, -0.2) is 22.6 Å². The molecule has 7 heteroatoms. The summed E-state index contributed by atoms with van der Waals surface area (Å²) in [5.74, 6) is -0.336. The van der Waals surface area contributed by atoms with E-state index in [0.29, 0.717) is 18.8 Å². The summed E-state index contributed by atoms with van der Waals surface area (Å²) < 4.78 is 5.37. The molecule has 19 heavy (non-hydrogen) atoms. The van der Waals surface area contributed by atoms with Gasteiger partial charge < -0.3 is 9.84 Å². The Hall–Kier alpha value is -1.82. The lowest BCUT2D eigenvalue weighted by molar-refractivity contribution is -0.384. The van der Waals surface area contributed by atoms with E-state index in [1.807, 2.05) is 0 Å². The molecule has 0 bridgehead atoms. The van der Waals surface area contributed by atoms with Crippen LogP contribution in [0.2, 0.25) is 5.02 Å². The largest absolute Gasteiger partial charge is 0.494 e. The number of carboxylic acids is 1. The first-order valence-corrected chi connectivity index (χ1v) is 6.17. The molecule has 0 spiro atoms. The molecule has 0 saturated carbocycles. The molecule has 0 aromatic heterocycles. The Morgan fingerprint density at radius 1 is 1.37 bits per heavy atom. The summed E-state index contributed by atoms with van der Waals surface area (Å²) >= 11 is 5.73. The van der Waals surface area contributed by atoms with E-state index in [4.69, 9.17) is 21.4 Å². The third-order valence-corrected chi connectivity index (χ3v) is 2.72. The Kier molecular flexibility index (Phi) is 6.08. The van der Waals surface area contributed by atoms with Crippen molar-refractivity contribution in [3.05, 3.63) is 33.3 Å². The number of carbonyl (C=O) groups is 1. The number of ether oxygens (including phenoxy) is 1. The average molecular weight is 288 g/mol. The number of halogens is 1. The number of nitrogens with zero attached hydrogens (tertiary/aromatic N) is 1. The van der Waals surface area contributed by atoms with Crippen molar-refractivity contribution in [3.63, 3.8) is 0 Å². The van der Waals surface area contributed by atoms with Gasteiger partial charge in [-0.05, 0) is 25.3 Å². The molecule has 1 aromatic carbocycles. The number of unbranched alkanes of at least 4 members (excludes halogenated alkanes) is 2. The Labute approximate surface area is 115 Å². The molecule has 1 N–H and O–H groups in total. The van der Waals surface area contributed by atoms with Crippen LogP contribution >= 0.6 is 11.6 Å². The molecule has 1 aromatic rings. The van der Waals surface area contributed by atoms with Crippen molar-refractivity contribution < 1.29 is 19.6 Å². The van der Waals surface area contributed by atoms with Gasteiger partial charge in [0.15, 0.2) is 0 Å². The van der Waals surface area contributed by atoms with Crippen molar-refractivity contribution >= 4 is 23.3 Å². The lowest BCUT2D eigenvalue weighted by Crippen LogP contribution is -1.99. The first kappa shape index (κ1) is 15.2. The monoisotopic (exact) mass is 287 g/mol. The second-order valence-electron chi connectivity index (χ2n) is 3.92. The van der Waals surface area contributed by atoms with Crippen molar-refractivity contribution in [2.24, 2.45) is 0 Å². The maximum absolute atomic E-state index is 10.6. The first-order valence-electron chi connectivity index (χ1n) is 5.79. The average Bonchev–Trinajstić information content (AvgIpc) is 2.32. The summed E-state index contributed by atoms with van der Waals surface area (Å²) in [6.45, 7) is 0.424. The molecule has 0 aliphatic heterocycles. The van der Waals surface area contributed by atoms with Crippen molar-refractivity contribution in [1.29, 1.82) is 0 Å². The zero-order chi connectivity index (χ0) is 14.3. The summed E-state index contributed by atoms with van der Waals surface area (Å²) in [6.07, 6.45) is 2.25. The quantitative estimate of drug-likeness (QED) is 0.450. The van der Waals surface area contributed by atoms with E-state index < -0.39 is 10.9 Å². The van der Waals surface area contributed by atoms with Gasteiger partial charge in [0, 0.05) is 18.6 Å². The van der Waals surface area contributed by atoms with E-state index in [9.17, 15) is 14.9 Å². The molecule has 0 heterocycles. The summed E-state index contributed by atoms with van der Waals surface area (Å²) in [5, 5.41) is 19.0. The molecule has 104 valence electrons. The predicted molar refractivity (Wildman–Crippen MR) is 69.7 cm³/mol. The highest BCUT2D eigenvalue weighted by Crippen LogP contribution is 2.28. The Balaban J connectivity index is 2.32. The zero-order valence-corrected chi connectivity index (χ0v) is 10.9. The topological polar surface area (TPSA) is 89.7 Å². The Bertz CT molecular complexity index is 463. The lowest BCUT2D eigenvalue weighted by Gasteiger charge is -2.06. The Morgan fingerprint density at radius 3 is 2.68 bits per heavy atom. The summed E-state index contributed by atoms with van der Waals surface area (Å²) in [4.78, 5) is 20.3. The molecular formula is C12H14ClNO5. The fourth-order valence-corrected chi connectivity index (χ4v) is 1.71. The second kappa shape index (κ2) is 7.58. The highest BCUT2D eigenvalue weighted by Gasteiger charge is 2.12. The number of nitro benzene ring substituents is 1. The van der Waals surface area contributed by atoms with Crippen LogP contribution in [0.3, 0.4) is 0 Å². The molecule has 0 saturated heterocycles. The van der Waals surface area contributed by atoms with E-state index in [1.165, 1.54) is 18.2 Å². The number of carboxylic acid groups (broad SMARTS) is 1. The van der Waals surface area contributed by atoms with E-state index in [2.05, 4.69) is 0 Å². The van der Waals surface area contributed by atoms with Crippen LogP contribution in [0.5, 0.6) is 5.75 Å². The molecule has 0 aliphatic rings. The molecule has 0 aliphatic carbocycles. The van der Waals surface area contributed by atoms with Gasteiger partial charge in [0.1, 0.15) is 10.8 Å². The number of hydrogen-bond acceptors (Lipinski definition) is 4. The van der Waals surface area contributed by atoms with Gasteiger partial charge in [0.25, 0.3) is 5.69 Å². The van der Waals surface area contributed by atoms with Crippen LogP contribution in [0.4, 0.5) is 5.69 Å². The highest BCUT2D eigenvalue weighted by molar-refractivity contribution is 6.32. The van der Waals surface area contributed by atoms with Crippen LogP contribution < -0.4 is 4.74 Å². The first-order chi connectivity index (χ1) is 9.00. The van der Waals surface area contributed by atoms with Gasteiger partial charge in [-0.1, -0.05) is 11.6 Å². The van der Waals surface area contributed by atoms with Crippen LogP contribution in [0.1, 0.15) is 25.7 Å². The predicted octanol–water partition coefficient (Wildman–Crippen LogP) is 3.27. The number of rotatable bonds is 8. The Morgan fingerprint density at radius 2 is 2.11 bits per heavy atom. The van der Waals surface area contributed by atoms with Crippen LogP contribution in [0, 0.1) is 10.1 Å². The maximum Gasteiger partial charge on any atom is 0.303 e. The second-order valence-corrected chi connectivity index (χ2v) is 4.33. The standard InChI is InChI=1S/C12H14ClNO5/c13-10-8-9(5-6-11(10)14(17)18)19-7-3-1-2-4-12(15)16/h5-6,8H,1-4,7H2,(H,15,16). The SMILES string of the molecule is O=C(O)CCCCCOc1ccc([N+](=O)[O-])c(Cl)c1. The van der Waals surface area contributed by atoms with Gasteiger partial charge >= 0.3 is 5.97 Å². The van der Waals surface area contributed by atoms with E-state index in [1.54, 1.807) is 0 Å². The normalized spacial score (nSPS) is 10.2. The van der Waals surface area contributed by atoms with Gasteiger partial charge in [-0.15, -0.1) is 0 Å². The molecule has 0 unspecified atom stereocenters. The van der Waals surface area contributed by atoms with Gasteiger partial charge in [-0.2, -0.15) is 0 Å². The number of nitro groups is 1. The maximum atomic E-state index is 10.6. The van der Waals surface area contributed by atoms with Crippen LogP contribution in [-0.2, 0) is 4.79 Å². The van der Waals surface area contributed by atoms with Crippen molar-refractivity contribution in [2.75, 3.05) is 6.61 Å². The molecule has 0 radical (unpaired) electrons. The van der Waals surface area contributed by atoms with E-state index in [-0.39, 0.29) is 17.1 Å². The van der Waals surface area contributed by atoms with Gasteiger partial charge in [0.05, 0.1) is 11.5 Å². The lowest BCUT2D eigenvalue weighted by atomic mass is 10.2. The minimum absolute atomic E-state index is 0.0355. The molecule has 0 atom stereocenters.